The highest BCUT2D eigenvalue weighted by molar-refractivity contribution is 6.27. The van der Waals surface area contributed by atoms with Gasteiger partial charge in [-0.2, -0.15) is 0 Å². The van der Waals surface area contributed by atoms with Gasteiger partial charge in [0.2, 0.25) is 11.8 Å². The Bertz CT molecular complexity index is 486. The molecule has 0 spiro atoms. The summed E-state index contributed by atoms with van der Waals surface area (Å²) in [5.41, 5.74) is 2.19. The van der Waals surface area contributed by atoms with Gasteiger partial charge in [-0.05, 0) is 31.4 Å². The highest BCUT2D eigenvalue weighted by Crippen LogP contribution is 2.22. The van der Waals surface area contributed by atoms with Crippen molar-refractivity contribution in [1.29, 1.82) is 0 Å². The number of aryl methyl sites for hydroxylation is 2. The fourth-order valence-corrected chi connectivity index (χ4v) is 2.07. The number of hydrogen-bond donors (Lipinski definition) is 2. The summed E-state index contributed by atoms with van der Waals surface area (Å²) in [7, 11) is 0. The van der Waals surface area contributed by atoms with Gasteiger partial charge in [-0.3, -0.25) is 9.59 Å². The molecule has 5 nitrogen and oxygen atoms in total. The number of alkyl halides is 1. The Hall–Kier alpha value is -1.75. The van der Waals surface area contributed by atoms with Gasteiger partial charge in [-0.25, -0.2) is 0 Å². The lowest BCUT2D eigenvalue weighted by Gasteiger charge is -2.11. The second-order valence-electron chi connectivity index (χ2n) is 5.01. The van der Waals surface area contributed by atoms with E-state index in [9.17, 15) is 9.59 Å². The second-order valence-corrected chi connectivity index (χ2v) is 5.27. The van der Waals surface area contributed by atoms with Crippen molar-refractivity contribution in [2.24, 2.45) is 0 Å². The molecule has 1 rings (SSSR count). The third kappa shape index (κ3) is 6.80. The zero-order chi connectivity index (χ0) is 16.4. The molecular formula is C16H23ClN2O3. The Morgan fingerprint density at radius 1 is 1.09 bits per heavy atom. The van der Waals surface area contributed by atoms with Gasteiger partial charge < -0.3 is 15.4 Å². The summed E-state index contributed by atoms with van der Waals surface area (Å²) < 4.78 is 5.74. The first-order valence-electron chi connectivity index (χ1n) is 7.33. The number of carbonyl (C=O) groups excluding carboxylic acids is 2. The molecule has 0 atom stereocenters. The topological polar surface area (TPSA) is 67.4 Å². The first-order chi connectivity index (χ1) is 10.5. The number of para-hydroxylation sites is 1. The molecule has 2 amide bonds. The van der Waals surface area contributed by atoms with E-state index in [0.717, 1.165) is 16.9 Å². The SMILES string of the molecule is Cc1cccc(C)c1OCCCC(=O)NCCNC(=O)CCl. The van der Waals surface area contributed by atoms with E-state index in [1.54, 1.807) is 0 Å². The number of benzene rings is 1. The van der Waals surface area contributed by atoms with Gasteiger partial charge in [0.25, 0.3) is 0 Å². The van der Waals surface area contributed by atoms with Crippen LogP contribution in [0.3, 0.4) is 0 Å². The van der Waals surface area contributed by atoms with E-state index in [-0.39, 0.29) is 17.7 Å². The third-order valence-corrected chi connectivity index (χ3v) is 3.34. The fourth-order valence-electron chi connectivity index (χ4n) is 1.97. The van der Waals surface area contributed by atoms with E-state index in [1.807, 2.05) is 32.0 Å². The maximum absolute atomic E-state index is 11.6. The van der Waals surface area contributed by atoms with Gasteiger partial charge in [0.05, 0.1) is 6.61 Å². The lowest BCUT2D eigenvalue weighted by atomic mass is 10.1. The molecular weight excluding hydrogens is 304 g/mol. The van der Waals surface area contributed by atoms with Crippen molar-refractivity contribution in [3.63, 3.8) is 0 Å². The zero-order valence-electron chi connectivity index (χ0n) is 13.1. The molecule has 1 aromatic rings. The molecule has 0 heterocycles. The van der Waals surface area contributed by atoms with Crippen LogP contribution in [-0.2, 0) is 9.59 Å². The summed E-state index contributed by atoms with van der Waals surface area (Å²) in [6, 6.07) is 6.00. The molecule has 1 aromatic carbocycles. The third-order valence-electron chi connectivity index (χ3n) is 3.09. The summed E-state index contributed by atoms with van der Waals surface area (Å²) in [5.74, 6) is 0.540. The monoisotopic (exact) mass is 326 g/mol. The van der Waals surface area contributed by atoms with E-state index in [4.69, 9.17) is 16.3 Å². The average molecular weight is 327 g/mol. The van der Waals surface area contributed by atoms with E-state index >= 15 is 0 Å². The van der Waals surface area contributed by atoms with Crippen molar-refractivity contribution in [2.75, 3.05) is 25.6 Å². The minimum Gasteiger partial charge on any atom is -0.493 e. The Kier molecular flexibility index (Phi) is 8.36. The average Bonchev–Trinajstić information content (AvgIpc) is 2.50. The van der Waals surface area contributed by atoms with Crippen LogP contribution >= 0.6 is 11.6 Å². The van der Waals surface area contributed by atoms with Gasteiger partial charge in [-0.15, -0.1) is 11.6 Å². The van der Waals surface area contributed by atoms with Crippen LogP contribution in [0.5, 0.6) is 5.75 Å². The molecule has 122 valence electrons. The van der Waals surface area contributed by atoms with Crippen molar-refractivity contribution < 1.29 is 14.3 Å². The standard InChI is InChI=1S/C16H23ClN2O3/c1-12-5-3-6-13(2)16(12)22-10-4-7-14(20)18-8-9-19-15(21)11-17/h3,5-6H,4,7-11H2,1-2H3,(H,18,20)(H,19,21). The zero-order valence-corrected chi connectivity index (χ0v) is 13.8. The Morgan fingerprint density at radius 2 is 1.68 bits per heavy atom. The maximum atomic E-state index is 11.6. The van der Waals surface area contributed by atoms with Crippen LogP contribution in [-0.4, -0.2) is 37.4 Å². The first kappa shape index (κ1) is 18.3. The number of nitrogens with one attached hydrogen (secondary N) is 2. The summed E-state index contributed by atoms with van der Waals surface area (Å²) in [5, 5.41) is 5.31. The Morgan fingerprint density at radius 3 is 2.27 bits per heavy atom. The predicted octanol–water partition coefficient (Wildman–Crippen LogP) is 1.93. The number of rotatable bonds is 9. The molecule has 0 aromatic heterocycles. The van der Waals surface area contributed by atoms with Crippen LogP contribution in [0.4, 0.5) is 0 Å². The van der Waals surface area contributed by atoms with Gasteiger partial charge >= 0.3 is 0 Å². The number of carbonyl (C=O) groups is 2. The highest BCUT2D eigenvalue weighted by atomic mass is 35.5. The Labute approximate surface area is 136 Å². The van der Waals surface area contributed by atoms with Crippen molar-refractivity contribution >= 4 is 23.4 Å². The number of ether oxygens (including phenoxy) is 1. The molecule has 0 unspecified atom stereocenters. The molecule has 0 aliphatic heterocycles. The molecule has 0 radical (unpaired) electrons. The van der Waals surface area contributed by atoms with Crippen LogP contribution in [0.25, 0.3) is 0 Å². The maximum Gasteiger partial charge on any atom is 0.234 e. The molecule has 2 N–H and O–H groups in total. The fraction of sp³-hybridized carbons (Fsp3) is 0.500. The van der Waals surface area contributed by atoms with Crippen LogP contribution < -0.4 is 15.4 Å². The molecule has 0 bridgehead atoms. The van der Waals surface area contributed by atoms with E-state index in [0.29, 0.717) is 32.5 Å². The van der Waals surface area contributed by atoms with Gasteiger partial charge in [0.15, 0.2) is 0 Å². The quantitative estimate of drug-likeness (QED) is 0.538. The second kappa shape index (κ2) is 10.1. The molecule has 0 aliphatic rings. The number of halogens is 1. The van der Waals surface area contributed by atoms with E-state index in [1.165, 1.54) is 0 Å². The van der Waals surface area contributed by atoms with Crippen molar-refractivity contribution in [3.05, 3.63) is 29.3 Å². The van der Waals surface area contributed by atoms with Crippen LogP contribution in [0.1, 0.15) is 24.0 Å². The normalized spacial score (nSPS) is 10.1. The minimum absolute atomic E-state index is 0.0507. The van der Waals surface area contributed by atoms with E-state index < -0.39 is 0 Å². The predicted molar refractivity (Wildman–Crippen MR) is 87.4 cm³/mol. The van der Waals surface area contributed by atoms with Crippen molar-refractivity contribution in [2.45, 2.75) is 26.7 Å². The molecule has 6 heteroatoms. The van der Waals surface area contributed by atoms with Crippen LogP contribution in [0.2, 0.25) is 0 Å². The Balaban J connectivity index is 2.14. The minimum atomic E-state index is -0.238. The van der Waals surface area contributed by atoms with Gasteiger partial charge in [0.1, 0.15) is 11.6 Å². The summed E-state index contributed by atoms with van der Waals surface area (Å²) in [6.07, 6.45) is 1.04. The highest BCUT2D eigenvalue weighted by Gasteiger charge is 2.05. The van der Waals surface area contributed by atoms with Crippen molar-refractivity contribution in [3.8, 4) is 5.75 Å². The molecule has 0 saturated carbocycles. The summed E-state index contributed by atoms with van der Waals surface area (Å²) >= 11 is 5.34. The molecule has 0 saturated heterocycles. The molecule has 0 fully saturated rings. The van der Waals surface area contributed by atoms with Gasteiger partial charge in [0, 0.05) is 19.5 Å². The van der Waals surface area contributed by atoms with Crippen molar-refractivity contribution in [1.82, 2.24) is 10.6 Å². The lowest BCUT2D eigenvalue weighted by molar-refractivity contribution is -0.122. The van der Waals surface area contributed by atoms with Crippen LogP contribution in [0.15, 0.2) is 18.2 Å². The van der Waals surface area contributed by atoms with Crippen LogP contribution in [0, 0.1) is 13.8 Å². The molecule has 22 heavy (non-hydrogen) atoms. The summed E-state index contributed by atoms with van der Waals surface area (Å²) in [6.45, 7) is 5.30. The lowest BCUT2D eigenvalue weighted by Crippen LogP contribution is -2.35. The smallest absolute Gasteiger partial charge is 0.234 e. The van der Waals surface area contributed by atoms with E-state index in [2.05, 4.69) is 10.6 Å². The molecule has 0 aliphatic carbocycles. The number of amides is 2. The summed E-state index contributed by atoms with van der Waals surface area (Å²) in [4.78, 5) is 22.5. The number of hydrogen-bond acceptors (Lipinski definition) is 3. The van der Waals surface area contributed by atoms with Gasteiger partial charge in [-0.1, -0.05) is 18.2 Å². The largest absolute Gasteiger partial charge is 0.493 e. The first-order valence-corrected chi connectivity index (χ1v) is 7.86.